The van der Waals surface area contributed by atoms with Gasteiger partial charge in [-0.2, -0.15) is 0 Å². The van der Waals surface area contributed by atoms with Gasteiger partial charge in [-0.15, -0.1) is 0 Å². The molecular weight excluding hydrogens is 330 g/mol. The van der Waals surface area contributed by atoms with Crippen molar-refractivity contribution in [3.63, 3.8) is 0 Å². The van der Waals surface area contributed by atoms with Crippen LogP contribution in [0.3, 0.4) is 0 Å². The monoisotopic (exact) mass is 353 g/mol. The molecule has 4 atom stereocenters. The first kappa shape index (κ1) is 16.9. The summed E-state index contributed by atoms with van der Waals surface area (Å²) in [6.07, 6.45) is 0.336. The summed E-state index contributed by atoms with van der Waals surface area (Å²) < 4.78 is 10.8. The van der Waals surface area contributed by atoms with E-state index in [0.717, 1.165) is 5.56 Å². The van der Waals surface area contributed by atoms with Gasteiger partial charge in [0.05, 0.1) is 26.4 Å². The summed E-state index contributed by atoms with van der Waals surface area (Å²) in [5.74, 6) is 1.68. The summed E-state index contributed by atoms with van der Waals surface area (Å²) in [6.45, 7) is 0. The molecule has 136 valence electrons. The third-order valence-electron chi connectivity index (χ3n) is 5.34. The second kappa shape index (κ2) is 6.97. The molecule has 1 amide bonds. The Labute approximate surface area is 152 Å². The van der Waals surface area contributed by atoms with Crippen LogP contribution in [0.5, 0.6) is 11.5 Å². The molecule has 4 rings (SSSR count). The Bertz CT molecular complexity index is 796. The Morgan fingerprint density at radius 3 is 2.42 bits per heavy atom. The van der Waals surface area contributed by atoms with Gasteiger partial charge in [0.15, 0.2) is 11.5 Å². The molecule has 0 radical (unpaired) electrons. The molecule has 0 bridgehead atoms. The predicted octanol–water partition coefficient (Wildman–Crippen LogP) is 2.10. The smallest absolute Gasteiger partial charge is 0.221 e. The lowest BCUT2D eigenvalue weighted by Gasteiger charge is -2.36. The molecule has 0 aromatic heterocycles. The highest BCUT2D eigenvalue weighted by Gasteiger charge is 2.46. The molecule has 2 heterocycles. The fourth-order valence-corrected chi connectivity index (χ4v) is 4.12. The first-order chi connectivity index (χ1) is 12.7. The lowest BCUT2D eigenvalue weighted by atomic mass is 9.74. The van der Waals surface area contributed by atoms with Crippen LogP contribution in [0.4, 0.5) is 0 Å². The van der Waals surface area contributed by atoms with E-state index in [2.05, 4.69) is 28.3 Å². The van der Waals surface area contributed by atoms with Crippen LogP contribution in [0.2, 0.25) is 0 Å². The predicted molar refractivity (Wildman–Crippen MR) is 97.8 cm³/mol. The van der Waals surface area contributed by atoms with Crippen LogP contribution in [0, 0.1) is 5.92 Å². The van der Waals surface area contributed by atoms with E-state index in [1.807, 2.05) is 36.4 Å². The Balaban J connectivity index is 1.72. The molecule has 0 spiro atoms. The van der Waals surface area contributed by atoms with E-state index >= 15 is 0 Å². The van der Waals surface area contributed by atoms with E-state index < -0.39 is 0 Å². The molecule has 0 aliphatic carbocycles. The average molecular weight is 353 g/mol. The first-order valence-corrected chi connectivity index (χ1v) is 8.78. The van der Waals surface area contributed by atoms with Crippen molar-refractivity contribution in [2.24, 2.45) is 5.92 Å². The number of ether oxygens (including phenoxy) is 2. The van der Waals surface area contributed by atoms with Crippen molar-refractivity contribution in [2.75, 3.05) is 14.2 Å². The molecule has 2 aromatic rings. The average Bonchev–Trinajstić information content (AvgIpc) is 3.11. The minimum absolute atomic E-state index is 0.0500. The van der Waals surface area contributed by atoms with E-state index in [1.165, 1.54) is 5.56 Å². The zero-order valence-corrected chi connectivity index (χ0v) is 14.9. The van der Waals surface area contributed by atoms with Crippen LogP contribution in [-0.2, 0) is 4.79 Å². The topological polar surface area (TPSA) is 71.6 Å². The van der Waals surface area contributed by atoms with Crippen LogP contribution in [0.25, 0.3) is 0 Å². The lowest BCUT2D eigenvalue weighted by molar-refractivity contribution is -0.125. The highest BCUT2D eigenvalue weighted by molar-refractivity contribution is 5.78. The fourth-order valence-electron chi connectivity index (χ4n) is 4.12. The van der Waals surface area contributed by atoms with Crippen LogP contribution in [0.1, 0.15) is 29.5 Å². The van der Waals surface area contributed by atoms with Gasteiger partial charge in [-0.3, -0.25) is 4.79 Å². The number of piperidine rings is 1. The summed E-state index contributed by atoms with van der Waals surface area (Å²) >= 11 is 0. The van der Waals surface area contributed by atoms with Gasteiger partial charge in [0.2, 0.25) is 5.91 Å². The van der Waals surface area contributed by atoms with Crippen LogP contribution < -0.4 is 25.6 Å². The molecule has 4 unspecified atom stereocenters. The largest absolute Gasteiger partial charge is 0.493 e. The first-order valence-electron chi connectivity index (χ1n) is 8.78. The maximum Gasteiger partial charge on any atom is 0.221 e. The fraction of sp³-hybridized carbons (Fsp3) is 0.350. The zero-order valence-electron chi connectivity index (χ0n) is 14.9. The molecule has 3 N–H and O–H groups in total. The molecule has 2 saturated heterocycles. The van der Waals surface area contributed by atoms with Crippen molar-refractivity contribution in [2.45, 2.75) is 24.5 Å². The standard InChI is InChI=1S/C20H23N3O3/c1-25-15-9-8-13(10-16(15)26-2)14-11-17(24)21-20-18(14)19(22-23-20)12-6-4-3-5-7-12/h3-10,14,18-20,22-23H,11H2,1-2H3,(H,21,24). The molecule has 2 aliphatic rings. The number of benzene rings is 2. The van der Waals surface area contributed by atoms with Crippen LogP contribution in [0.15, 0.2) is 48.5 Å². The number of hydrogen-bond acceptors (Lipinski definition) is 5. The Hall–Kier alpha value is -2.57. The number of amides is 1. The lowest BCUT2D eigenvalue weighted by Crippen LogP contribution is -2.52. The Morgan fingerprint density at radius 1 is 0.923 bits per heavy atom. The number of carbonyl (C=O) groups excluding carboxylic acids is 1. The van der Waals surface area contributed by atoms with Gasteiger partial charge in [-0.25, -0.2) is 10.9 Å². The molecular formula is C20H23N3O3. The number of fused-ring (bicyclic) bond motifs is 1. The number of carbonyl (C=O) groups is 1. The summed E-state index contributed by atoms with van der Waals surface area (Å²) in [6, 6.07) is 16.4. The van der Waals surface area contributed by atoms with Crippen molar-refractivity contribution in [3.05, 3.63) is 59.7 Å². The number of hydrogen-bond donors (Lipinski definition) is 3. The van der Waals surface area contributed by atoms with Gasteiger partial charge in [0.25, 0.3) is 0 Å². The van der Waals surface area contributed by atoms with Gasteiger partial charge >= 0.3 is 0 Å². The summed E-state index contributed by atoms with van der Waals surface area (Å²) in [4.78, 5) is 12.3. The molecule has 6 heteroatoms. The van der Waals surface area contributed by atoms with Gasteiger partial charge in [-0.1, -0.05) is 36.4 Å². The molecule has 2 aromatic carbocycles. The summed E-state index contributed by atoms with van der Waals surface area (Å²) in [5, 5.41) is 3.06. The maximum atomic E-state index is 12.3. The SMILES string of the molecule is COc1ccc(C2CC(=O)NC3NNC(c4ccccc4)C32)cc1OC. The number of rotatable bonds is 4. The van der Waals surface area contributed by atoms with Crippen molar-refractivity contribution in [1.29, 1.82) is 0 Å². The van der Waals surface area contributed by atoms with E-state index in [1.54, 1.807) is 14.2 Å². The van der Waals surface area contributed by atoms with E-state index in [4.69, 9.17) is 9.47 Å². The van der Waals surface area contributed by atoms with Gasteiger partial charge in [0, 0.05) is 18.3 Å². The van der Waals surface area contributed by atoms with Crippen LogP contribution in [-0.4, -0.2) is 26.3 Å². The molecule has 0 saturated carbocycles. The van der Waals surface area contributed by atoms with Crippen LogP contribution >= 0.6 is 0 Å². The number of nitrogens with one attached hydrogen (secondary N) is 3. The maximum absolute atomic E-state index is 12.3. The minimum atomic E-state index is -0.112. The second-order valence-corrected chi connectivity index (χ2v) is 6.72. The Kier molecular flexibility index (Phi) is 4.53. The van der Waals surface area contributed by atoms with Crippen molar-refractivity contribution in [1.82, 2.24) is 16.2 Å². The van der Waals surface area contributed by atoms with Crippen molar-refractivity contribution in [3.8, 4) is 11.5 Å². The second-order valence-electron chi connectivity index (χ2n) is 6.72. The number of methoxy groups -OCH3 is 2. The van der Waals surface area contributed by atoms with E-state index in [9.17, 15) is 4.79 Å². The van der Waals surface area contributed by atoms with Crippen molar-refractivity contribution >= 4 is 5.91 Å². The zero-order chi connectivity index (χ0) is 18.1. The van der Waals surface area contributed by atoms with Gasteiger partial charge < -0.3 is 14.8 Å². The normalized spacial score (nSPS) is 27.5. The van der Waals surface area contributed by atoms with E-state index in [-0.39, 0.29) is 30.0 Å². The molecule has 2 aliphatic heterocycles. The quantitative estimate of drug-likeness (QED) is 0.785. The summed E-state index contributed by atoms with van der Waals surface area (Å²) in [7, 11) is 3.25. The highest BCUT2D eigenvalue weighted by atomic mass is 16.5. The summed E-state index contributed by atoms with van der Waals surface area (Å²) in [5.41, 5.74) is 8.90. The third-order valence-corrected chi connectivity index (χ3v) is 5.34. The third kappa shape index (κ3) is 2.91. The molecule has 26 heavy (non-hydrogen) atoms. The Morgan fingerprint density at radius 2 is 1.69 bits per heavy atom. The van der Waals surface area contributed by atoms with Gasteiger partial charge in [-0.05, 0) is 23.3 Å². The minimum Gasteiger partial charge on any atom is -0.493 e. The molecule has 6 nitrogen and oxygen atoms in total. The number of hydrazine groups is 1. The van der Waals surface area contributed by atoms with Crippen molar-refractivity contribution < 1.29 is 14.3 Å². The highest BCUT2D eigenvalue weighted by Crippen LogP contribution is 2.44. The van der Waals surface area contributed by atoms with E-state index in [0.29, 0.717) is 17.9 Å². The van der Waals surface area contributed by atoms with Gasteiger partial charge in [0.1, 0.15) is 0 Å². The molecule has 2 fully saturated rings.